The number of aliphatic hydroxyl groups excluding tert-OH is 3. The second kappa shape index (κ2) is 50.2. The van der Waals surface area contributed by atoms with Crippen LogP contribution in [0.2, 0.25) is 0 Å². The molecule has 0 aromatic carbocycles. The Hall–Kier alpha value is -1.43. The van der Waals surface area contributed by atoms with Crippen molar-refractivity contribution >= 4 is 5.91 Å². The van der Waals surface area contributed by atoms with Crippen LogP contribution in [-0.4, -0.2) is 46.1 Å². The molecule has 4 N–H and O–H groups in total. The highest BCUT2D eigenvalue weighted by atomic mass is 16.3. The number of carbonyl (C=O) groups excluding carboxylic acids is 1. The Balaban J connectivity index is 3.58. The number of hydrogen-bond acceptors (Lipinski definition) is 4. The minimum absolute atomic E-state index is 0.00701. The van der Waals surface area contributed by atoms with Gasteiger partial charge in [0.05, 0.1) is 31.3 Å². The number of rotatable bonds is 49. The summed E-state index contributed by atoms with van der Waals surface area (Å²) in [6, 6.07) is -0.761. The third-order valence-electron chi connectivity index (χ3n) is 12.4. The summed E-state index contributed by atoms with van der Waals surface area (Å²) >= 11 is 0. The molecule has 5 nitrogen and oxygen atoms in total. The molecule has 0 aliphatic rings. The lowest BCUT2D eigenvalue weighted by Crippen LogP contribution is -2.45. The Bertz CT molecular complexity index is 931. The summed E-state index contributed by atoms with van der Waals surface area (Å²) in [5.74, 6) is -0.323. The molecule has 3 unspecified atom stereocenters. The fourth-order valence-corrected chi connectivity index (χ4v) is 8.29. The van der Waals surface area contributed by atoms with Crippen LogP contribution in [0.1, 0.15) is 284 Å². The Morgan fingerprint density at radius 1 is 0.417 bits per heavy atom. The monoisotopic (exact) mass is 844 g/mol. The first-order valence-electron chi connectivity index (χ1n) is 26.8. The van der Waals surface area contributed by atoms with E-state index in [1.807, 2.05) is 6.08 Å². The van der Waals surface area contributed by atoms with E-state index in [1.54, 1.807) is 6.08 Å². The normalized spacial score (nSPS) is 13.6. The summed E-state index contributed by atoms with van der Waals surface area (Å²) in [5, 5.41) is 33.4. The molecule has 5 heteroatoms. The van der Waals surface area contributed by atoms with E-state index in [4.69, 9.17) is 0 Å². The quantitative estimate of drug-likeness (QED) is 0.0363. The van der Waals surface area contributed by atoms with Crippen molar-refractivity contribution in [3.63, 3.8) is 0 Å². The first kappa shape index (κ1) is 58.6. The molecule has 1 amide bonds. The average Bonchev–Trinajstić information content (AvgIpc) is 3.24. The van der Waals surface area contributed by atoms with E-state index in [9.17, 15) is 20.1 Å². The van der Waals surface area contributed by atoms with Crippen molar-refractivity contribution in [1.29, 1.82) is 0 Å². The number of hydrogen-bond donors (Lipinski definition) is 4. The molecule has 0 aromatic heterocycles. The van der Waals surface area contributed by atoms with Gasteiger partial charge in [0.1, 0.15) is 0 Å². The van der Waals surface area contributed by atoms with Crippen LogP contribution in [-0.2, 0) is 4.79 Å². The Morgan fingerprint density at radius 2 is 0.717 bits per heavy atom. The number of aliphatic hydroxyl groups is 3. The standard InChI is InChI=1S/C55H105NO4/c1-3-5-7-9-11-13-15-17-19-21-22-23-24-25-26-27-28-29-30-31-33-34-36-38-40-42-44-46-48-52(58)50-55(60)56-53(51-57)54(59)49-47-45-43-41-39-37-35-32-20-18-16-14-12-10-8-6-4-2/h25-26,39,41,47,49,52-54,57-59H,3-24,27-38,40,42-46,48,50-51H2,1-2H3,(H,56,60)/b26-25-,41-39+,49-47+. The van der Waals surface area contributed by atoms with Gasteiger partial charge >= 0.3 is 0 Å². The van der Waals surface area contributed by atoms with Crippen LogP contribution in [0, 0.1) is 0 Å². The van der Waals surface area contributed by atoms with Gasteiger partial charge in [-0.15, -0.1) is 0 Å². The lowest BCUT2D eigenvalue weighted by molar-refractivity contribution is -0.124. The van der Waals surface area contributed by atoms with Gasteiger partial charge in [-0.1, -0.05) is 256 Å². The lowest BCUT2D eigenvalue weighted by atomic mass is 10.0. The van der Waals surface area contributed by atoms with Crippen LogP contribution >= 0.6 is 0 Å². The van der Waals surface area contributed by atoms with Crippen LogP contribution in [0.5, 0.6) is 0 Å². The van der Waals surface area contributed by atoms with Crippen LogP contribution in [0.3, 0.4) is 0 Å². The molecule has 0 radical (unpaired) electrons. The molecular formula is C55H105NO4. The van der Waals surface area contributed by atoms with Gasteiger partial charge in [-0.25, -0.2) is 0 Å². The highest BCUT2D eigenvalue weighted by molar-refractivity contribution is 5.76. The number of nitrogens with one attached hydrogen (secondary N) is 1. The van der Waals surface area contributed by atoms with E-state index < -0.39 is 18.2 Å². The zero-order valence-electron chi connectivity index (χ0n) is 40.4. The summed E-state index contributed by atoms with van der Waals surface area (Å²) < 4.78 is 0. The van der Waals surface area contributed by atoms with Gasteiger partial charge in [0.2, 0.25) is 5.91 Å². The van der Waals surface area contributed by atoms with Gasteiger partial charge in [-0.3, -0.25) is 4.79 Å². The number of allylic oxidation sites excluding steroid dienone is 5. The van der Waals surface area contributed by atoms with E-state index in [-0.39, 0.29) is 18.9 Å². The van der Waals surface area contributed by atoms with Gasteiger partial charge in [-0.05, 0) is 57.8 Å². The van der Waals surface area contributed by atoms with Crippen molar-refractivity contribution in [2.45, 2.75) is 302 Å². The fraction of sp³-hybridized carbons (Fsp3) is 0.873. The zero-order chi connectivity index (χ0) is 43.7. The highest BCUT2D eigenvalue weighted by Gasteiger charge is 2.20. The maximum Gasteiger partial charge on any atom is 0.222 e. The Kier molecular flexibility index (Phi) is 49.0. The van der Waals surface area contributed by atoms with Crippen LogP contribution < -0.4 is 5.32 Å². The van der Waals surface area contributed by atoms with Crippen molar-refractivity contribution in [2.24, 2.45) is 0 Å². The average molecular weight is 844 g/mol. The van der Waals surface area contributed by atoms with E-state index in [2.05, 4.69) is 43.5 Å². The summed E-state index contributed by atoms with van der Waals surface area (Å²) in [7, 11) is 0. The summed E-state index contributed by atoms with van der Waals surface area (Å²) in [6.07, 6.45) is 64.7. The topological polar surface area (TPSA) is 89.8 Å². The number of unbranched alkanes of at least 4 members (excludes halogenated alkanes) is 36. The first-order valence-corrected chi connectivity index (χ1v) is 26.8. The van der Waals surface area contributed by atoms with Crippen molar-refractivity contribution in [1.82, 2.24) is 5.32 Å². The molecule has 0 saturated heterocycles. The molecule has 0 aromatic rings. The van der Waals surface area contributed by atoms with E-state index >= 15 is 0 Å². The van der Waals surface area contributed by atoms with Crippen LogP contribution in [0.4, 0.5) is 0 Å². The summed E-state index contributed by atoms with van der Waals surface area (Å²) in [4.78, 5) is 12.5. The van der Waals surface area contributed by atoms with Gasteiger partial charge in [0, 0.05) is 0 Å². The van der Waals surface area contributed by atoms with E-state index in [0.29, 0.717) is 6.42 Å². The summed E-state index contributed by atoms with van der Waals surface area (Å²) in [6.45, 7) is 4.22. The molecular weight excluding hydrogens is 739 g/mol. The third kappa shape index (κ3) is 46.1. The maximum absolute atomic E-state index is 12.5. The molecule has 0 fully saturated rings. The minimum Gasteiger partial charge on any atom is -0.394 e. The van der Waals surface area contributed by atoms with Crippen LogP contribution in [0.15, 0.2) is 36.5 Å². The van der Waals surface area contributed by atoms with Crippen molar-refractivity contribution in [2.75, 3.05) is 6.61 Å². The Morgan fingerprint density at radius 3 is 1.07 bits per heavy atom. The Labute approximate surface area is 374 Å². The predicted molar refractivity (Wildman–Crippen MR) is 264 cm³/mol. The number of carbonyl (C=O) groups is 1. The maximum atomic E-state index is 12.5. The predicted octanol–water partition coefficient (Wildman–Crippen LogP) is 16.3. The molecule has 354 valence electrons. The second-order valence-corrected chi connectivity index (χ2v) is 18.5. The molecule has 0 heterocycles. The molecule has 0 spiro atoms. The fourth-order valence-electron chi connectivity index (χ4n) is 8.29. The van der Waals surface area contributed by atoms with Gasteiger partial charge in [0.25, 0.3) is 0 Å². The van der Waals surface area contributed by atoms with E-state index in [1.165, 1.54) is 225 Å². The SMILES string of the molecule is CCCCCCCCCCCCC/C=C/CC/C=C/C(O)C(CO)NC(=O)CC(O)CCCCCCCCCCCCCC/C=C\CCCCCCCCCCCCCC. The smallest absolute Gasteiger partial charge is 0.222 e. The van der Waals surface area contributed by atoms with Crippen LogP contribution in [0.25, 0.3) is 0 Å². The van der Waals surface area contributed by atoms with Crippen molar-refractivity contribution in [3.05, 3.63) is 36.5 Å². The second-order valence-electron chi connectivity index (χ2n) is 18.5. The molecule has 0 aliphatic carbocycles. The van der Waals surface area contributed by atoms with Crippen molar-refractivity contribution in [3.8, 4) is 0 Å². The number of amides is 1. The zero-order valence-corrected chi connectivity index (χ0v) is 40.4. The molecule has 0 bridgehead atoms. The molecule has 60 heavy (non-hydrogen) atoms. The molecule has 0 saturated carbocycles. The van der Waals surface area contributed by atoms with Gasteiger partial charge in [-0.2, -0.15) is 0 Å². The summed E-state index contributed by atoms with van der Waals surface area (Å²) in [5.41, 5.74) is 0. The third-order valence-corrected chi connectivity index (χ3v) is 12.4. The van der Waals surface area contributed by atoms with E-state index in [0.717, 1.165) is 32.1 Å². The lowest BCUT2D eigenvalue weighted by Gasteiger charge is -2.21. The highest BCUT2D eigenvalue weighted by Crippen LogP contribution is 2.16. The van der Waals surface area contributed by atoms with Gasteiger partial charge < -0.3 is 20.6 Å². The molecule has 0 aliphatic heterocycles. The molecule has 3 atom stereocenters. The first-order chi connectivity index (χ1) is 29.5. The molecule has 0 rings (SSSR count). The minimum atomic E-state index is -0.951. The van der Waals surface area contributed by atoms with Crippen molar-refractivity contribution < 1.29 is 20.1 Å². The van der Waals surface area contributed by atoms with Gasteiger partial charge in [0.15, 0.2) is 0 Å². The largest absolute Gasteiger partial charge is 0.394 e.